The molecule has 0 aromatic heterocycles. The van der Waals surface area contributed by atoms with E-state index in [1.54, 1.807) is 6.92 Å². The Balaban J connectivity index is 2.77. The molecule has 5 nitrogen and oxygen atoms in total. The van der Waals surface area contributed by atoms with Crippen molar-refractivity contribution in [2.75, 3.05) is 13.3 Å². The summed E-state index contributed by atoms with van der Waals surface area (Å²) >= 11 is 6.05. The minimum Gasteiger partial charge on any atom is -0.482 e. The first-order chi connectivity index (χ1) is 12.2. The predicted molar refractivity (Wildman–Crippen MR) is 102 cm³/mol. The average molecular weight is 385 g/mol. The van der Waals surface area contributed by atoms with E-state index in [1.165, 1.54) is 5.01 Å². The van der Waals surface area contributed by atoms with E-state index >= 15 is 0 Å². The average Bonchev–Trinajstić information content (AvgIpc) is 2.55. The fourth-order valence-electron chi connectivity index (χ4n) is 2.12. The molecule has 144 valence electrons. The molecule has 0 atom stereocenters. The van der Waals surface area contributed by atoms with Gasteiger partial charge < -0.3 is 9.47 Å². The van der Waals surface area contributed by atoms with Crippen molar-refractivity contribution >= 4 is 24.2 Å². The van der Waals surface area contributed by atoms with Crippen LogP contribution in [0.2, 0.25) is 0 Å². The van der Waals surface area contributed by atoms with Gasteiger partial charge in [0.25, 0.3) is 0 Å². The zero-order valence-electron chi connectivity index (χ0n) is 15.7. The monoisotopic (exact) mass is 384 g/mol. The lowest BCUT2D eigenvalue weighted by Crippen LogP contribution is -2.42. The van der Waals surface area contributed by atoms with Gasteiger partial charge in [-0.25, -0.2) is 9.40 Å². The second kappa shape index (κ2) is 10.3. The molecule has 0 saturated carbocycles. The van der Waals surface area contributed by atoms with Crippen molar-refractivity contribution in [3.8, 4) is 0 Å². The maximum atomic E-state index is 12.7. The molecule has 1 rings (SSSR count). The van der Waals surface area contributed by atoms with Crippen molar-refractivity contribution < 1.29 is 18.7 Å². The molecule has 0 N–H and O–H groups in total. The number of carbonyl (C=O) groups excluding carboxylic acids is 1. The predicted octanol–water partition coefficient (Wildman–Crippen LogP) is 4.40. The summed E-state index contributed by atoms with van der Waals surface area (Å²) < 4.78 is 22.8. The smallest absolute Gasteiger partial charge is 0.310 e. The van der Waals surface area contributed by atoms with Crippen LogP contribution in [0, 0.1) is 0 Å². The lowest BCUT2D eigenvalue weighted by Gasteiger charge is -2.31. The molecule has 0 heterocycles. The summed E-state index contributed by atoms with van der Waals surface area (Å²) in [5, 5.41) is 5.26. The Morgan fingerprint density at radius 3 is 2.19 bits per heavy atom. The molecular formula is C19H26ClFN2O3. The zero-order chi connectivity index (χ0) is 19.7. The second-order valence-corrected chi connectivity index (χ2v) is 7.21. The highest BCUT2D eigenvalue weighted by molar-refractivity contribution is 6.31. The van der Waals surface area contributed by atoms with Gasteiger partial charge in [-0.1, -0.05) is 35.9 Å². The molecule has 0 saturated heterocycles. The van der Waals surface area contributed by atoms with Crippen LogP contribution in [0.4, 0.5) is 4.39 Å². The number of hydrogen-bond acceptors (Lipinski definition) is 4. The molecule has 0 bridgehead atoms. The number of alkyl halides is 1. The number of hydrogen-bond donors (Lipinski definition) is 0. The molecule has 1 aromatic rings. The molecular weight excluding hydrogens is 359 g/mol. The third-order valence-electron chi connectivity index (χ3n) is 3.37. The van der Waals surface area contributed by atoms with E-state index < -0.39 is 18.1 Å². The summed E-state index contributed by atoms with van der Waals surface area (Å²) in [5.74, 6) is -0.416. The topological polar surface area (TPSA) is 51.1 Å². The second-order valence-electron chi connectivity index (χ2n) is 6.64. The fourth-order valence-corrected chi connectivity index (χ4v) is 2.25. The lowest BCUT2D eigenvalue weighted by molar-refractivity contribution is -0.135. The van der Waals surface area contributed by atoms with Crippen molar-refractivity contribution in [2.24, 2.45) is 5.10 Å². The van der Waals surface area contributed by atoms with Crippen molar-refractivity contribution in [1.29, 1.82) is 0 Å². The van der Waals surface area contributed by atoms with Crippen molar-refractivity contribution in [3.05, 3.63) is 46.2 Å². The number of halogens is 2. The summed E-state index contributed by atoms with van der Waals surface area (Å²) in [6.45, 7) is 10.6. The van der Waals surface area contributed by atoms with E-state index in [0.29, 0.717) is 6.61 Å². The highest BCUT2D eigenvalue weighted by Gasteiger charge is 2.30. The molecule has 1 amide bonds. The van der Waals surface area contributed by atoms with Crippen LogP contribution in [-0.2, 0) is 27.5 Å². The Morgan fingerprint density at radius 2 is 1.77 bits per heavy atom. The molecule has 0 spiro atoms. The van der Waals surface area contributed by atoms with Gasteiger partial charge in [-0.05, 0) is 38.8 Å². The fraction of sp³-hybridized carbons (Fsp3) is 0.474. The molecule has 0 aliphatic rings. The van der Waals surface area contributed by atoms with Gasteiger partial charge in [-0.2, -0.15) is 5.10 Å². The quantitative estimate of drug-likeness (QED) is 0.208. The summed E-state index contributed by atoms with van der Waals surface area (Å²) in [6, 6.07) is 7.44. The van der Waals surface area contributed by atoms with E-state index in [0.717, 1.165) is 11.1 Å². The van der Waals surface area contributed by atoms with Gasteiger partial charge >= 0.3 is 5.91 Å². The van der Waals surface area contributed by atoms with E-state index in [1.807, 2.05) is 45.0 Å². The molecule has 0 fully saturated rings. The Bertz CT molecular complexity index is 635. The van der Waals surface area contributed by atoms with E-state index in [9.17, 15) is 9.18 Å². The maximum absolute atomic E-state index is 12.7. The van der Waals surface area contributed by atoms with Gasteiger partial charge in [-0.3, -0.25) is 4.79 Å². The lowest BCUT2D eigenvalue weighted by atomic mass is 10.1. The van der Waals surface area contributed by atoms with Crippen LogP contribution < -0.4 is 0 Å². The van der Waals surface area contributed by atoms with Crippen molar-refractivity contribution in [3.63, 3.8) is 0 Å². The van der Waals surface area contributed by atoms with Crippen LogP contribution in [0.5, 0.6) is 0 Å². The van der Waals surface area contributed by atoms with Gasteiger partial charge in [0.05, 0.1) is 23.8 Å². The van der Waals surface area contributed by atoms with Gasteiger partial charge in [0.1, 0.15) is 13.3 Å². The van der Waals surface area contributed by atoms with Crippen LogP contribution >= 0.6 is 11.6 Å². The summed E-state index contributed by atoms with van der Waals surface area (Å²) in [4.78, 5) is 12.7. The SMILES string of the molecule is C=NN(C(=O)/C(OCc1ccc(COCCF)cc1)=C(\C)Cl)C(C)(C)C. The Hall–Kier alpha value is -1.92. The van der Waals surface area contributed by atoms with E-state index in [-0.39, 0.29) is 24.0 Å². The zero-order valence-corrected chi connectivity index (χ0v) is 16.5. The first-order valence-electron chi connectivity index (χ1n) is 8.22. The highest BCUT2D eigenvalue weighted by atomic mass is 35.5. The van der Waals surface area contributed by atoms with Crippen LogP contribution in [-0.4, -0.2) is 36.5 Å². The number of amides is 1. The largest absolute Gasteiger partial charge is 0.482 e. The van der Waals surface area contributed by atoms with Gasteiger partial charge in [0, 0.05) is 6.72 Å². The minimum absolute atomic E-state index is 0.0318. The van der Waals surface area contributed by atoms with Crippen LogP contribution in [0.3, 0.4) is 0 Å². The van der Waals surface area contributed by atoms with E-state index in [2.05, 4.69) is 11.8 Å². The number of benzene rings is 1. The van der Waals surface area contributed by atoms with Crippen molar-refractivity contribution in [2.45, 2.75) is 46.4 Å². The number of carbonyl (C=O) groups is 1. The Labute approximate surface area is 159 Å². The molecule has 0 radical (unpaired) electrons. The molecule has 1 aromatic carbocycles. The van der Waals surface area contributed by atoms with E-state index in [4.69, 9.17) is 21.1 Å². The van der Waals surface area contributed by atoms with Crippen LogP contribution in [0.15, 0.2) is 40.2 Å². The molecule has 26 heavy (non-hydrogen) atoms. The summed E-state index contributed by atoms with van der Waals surface area (Å²) in [5.41, 5.74) is 1.23. The Morgan fingerprint density at radius 1 is 1.23 bits per heavy atom. The van der Waals surface area contributed by atoms with Crippen LogP contribution in [0.25, 0.3) is 0 Å². The Kier molecular flexibility index (Phi) is 8.75. The number of allylic oxidation sites excluding steroid dienone is 1. The van der Waals surface area contributed by atoms with Gasteiger partial charge in [-0.15, -0.1) is 0 Å². The molecule has 0 aliphatic heterocycles. The summed E-state index contributed by atoms with van der Waals surface area (Å²) in [7, 11) is 0. The van der Waals surface area contributed by atoms with Gasteiger partial charge in [0.2, 0.25) is 5.76 Å². The highest BCUT2D eigenvalue weighted by Crippen LogP contribution is 2.22. The van der Waals surface area contributed by atoms with Crippen LogP contribution in [0.1, 0.15) is 38.8 Å². The normalized spacial score (nSPS) is 12.4. The van der Waals surface area contributed by atoms with Crippen molar-refractivity contribution in [1.82, 2.24) is 5.01 Å². The minimum atomic E-state index is -0.555. The third-order valence-corrected chi connectivity index (χ3v) is 3.54. The molecule has 0 aliphatic carbocycles. The maximum Gasteiger partial charge on any atom is 0.310 e. The standard InChI is InChI=1S/C19H26ClFN2O3/c1-14(20)17(18(24)23(22-5)19(2,3)4)26-13-16-8-6-15(7-9-16)12-25-11-10-21/h6-9H,5,10-13H2,1-4H3/b17-14-. The third kappa shape index (κ3) is 6.77. The first-order valence-corrected chi connectivity index (χ1v) is 8.60. The molecule has 7 heteroatoms. The number of ether oxygens (including phenoxy) is 2. The number of rotatable bonds is 9. The van der Waals surface area contributed by atoms with Gasteiger partial charge in [0.15, 0.2) is 0 Å². The summed E-state index contributed by atoms with van der Waals surface area (Å²) in [6.07, 6.45) is 0. The molecule has 0 unspecified atom stereocenters. The number of hydrazone groups is 1. The number of nitrogens with zero attached hydrogens (tertiary/aromatic N) is 2. The first kappa shape index (κ1) is 22.1.